The lowest BCUT2D eigenvalue weighted by Crippen LogP contribution is -2.06. The zero-order valence-electron chi connectivity index (χ0n) is 24.6. The monoisotopic (exact) mass is 593 g/mol. The summed E-state index contributed by atoms with van der Waals surface area (Å²) in [6.07, 6.45) is -2.46. The molecule has 4 aromatic rings. The van der Waals surface area contributed by atoms with Crippen molar-refractivity contribution in [2.75, 3.05) is 12.4 Å². The maximum atomic E-state index is 13.3. The van der Waals surface area contributed by atoms with Crippen LogP contribution in [-0.2, 0) is 12.6 Å². The largest absolute Gasteiger partial charge is 0.418 e. The number of nitrogens with one attached hydrogen (secondary N) is 1. The summed E-state index contributed by atoms with van der Waals surface area (Å²) >= 11 is 0. The van der Waals surface area contributed by atoms with Crippen LogP contribution in [0.4, 0.5) is 41.7 Å². The first kappa shape index (κ1) is 35.9. The number of hydrogen-bond donors (Lipinski definition) is 2. The van der Waals surface area contributed by atoms with Crippen molar-refractivity contribution in [2.45, 2.75) is 40.3 Å². The van der Waals surface area contributed by atoms with Gasteiger partial charge in [0, 0.05) is 17.8 Å². The molecule has 12 heteroatoms. The minimum atomic E-state index is -4.87. The van der Waals surface area contributed by atoms with Crippen LogP contribution >= 0.6 is 0 Å². The van der Waals surface area contributed by atoms with Gasteiger partial charge in [-0.25, -0.2) is 4.98 Å². The molecule has 0 unspecified atom stereocenters. The number of halogens is 3. The van der Waals surface area contributed by atoms with E-state index in [9.17, 15) is 28.5 Å². The highest BCUT2D eigenvalue weighted by atomic mass is 19.4. The van der Waals surface area contributed by atoms with E-state index in [1.165, 1.54) is 18.8 Å². The van der Waals surface area contributed by atoms with Gasteiger partial charge < -0.3 is 11.1 Å². The summed E-state index contributed by atoms with van der Waals surface area (Å²) in [5, 5.41) is 30.7. The van der Waals surface area contributed by atoms with Gasteiger partial charge in [-0.15, -0.1) is 10.2 Å². The fourth-order valence-corrected chi connectivity index (χ4v) is 3.36. The minimum absolute atomic E-state index is 0.0849. The van der Waals surface area contributed by atoms with Gasteiger partial charge in [0.15, 0.2) is 0 Å². The molecule has 4 rings (SSSR count). The third-order valence-corrected chi connectivity index (χ3v) is 5.47. The Bertz CT molecular complexity index is 1510. The third-order valence-electron chi connectivity index (χ3n) is 5.47. The highest BCUT2D eigenvalue weighted by molar-refractivity contribution is 5.68. The van der Waals surface area contributed by atoms with Gasteiger partial charge in [0.1, 0.15) is 17.6 Å². The smallest absolute Gasteiger partial charge is 0.339 e. The molecule has 3 aromatic carbocycles. The van der Waals surface area contributed by atoms with E-state index in [-0.39, 0.29) is 17.1 Å². The number of anilines is 2. The van der Waals surface area contributed by atoms with Gasteiger partial charge in [-0.1, -0.05) is 69.3 Å². The molecular weight excluding hydrogens is 559 g/mol. The summed E-state index contributed by atoms with van der Waals surface area (Å²) in [6, 6.07) is 23.6. The number of alkyl halides is 3. The fraction of sp³-hybridized carbons (Fsp3) is 0.226. The van der Waals surface area contributed by atoms with Gasteiger partial charge in [0.05, 0.1) is 27.9 Å². The molecular formula is C31H34F3N7O2. The maximum Gasteiger partial charge on any atom is 0.418 e. The van der Waals surface area contributed by atoms with Crippen LogP contribution in [0.3, 0.4) is 0 Å². The van der Waals surface area contributed by atoms with E-state index in [4.69, 9.17) is 0 Å². The molecule has 0 aliphatic rings. The quantitative estimate of drug-likeness (QED) is 0.130. The molecule has 226 valence electrons. The van der Waals surface area contributed by atoms with Crippen molar-refractivity contribution >= 4 is 28.6 Å². The predicted octanol–water partition coefficient (Wildman–Crippen LogP) is 9.20. The second-order valence-electron chi connectivity index (χ2n) is 8.09. The van der Waals surface area contributed by atoms with Crippen LogP contribution in [0.25, 0.3) is 0 Å². The average molecular weight is 594 g/mol. The Hall–Kier alpha value is -5.15. The van der Waals surface area contributed by atoms with Gasteiger partial charge in [-0.05, 0) is 49.7 Å². The number of nitro benzene ring substituents is 1. The number of hydrogen-bond acceptors (Lipinski definition) is 8. The van der Waals surface area contributed by atoms with E-state index in [0.29, 0.717) is 17.3 Å². The molecule has 0 amide bonds. The molecule has 1 heterocycles. The van der Waals surface area contributed by atoms with Gasteiger partial charge in [-0.2, -0.15) is 18.4 Å². The standard InChI is InChI=1S/C20H13F3N6O2.C8H10.C2H6.CH5N/c1-12-15(10-24)19(26-13-5-3-2-4-6-13)25-11-18(12)28-27-17-8-7-14(29(30)31)9-16(17)20(21,22)23;1-2-8-6-4-3-5-7-8;2*1-2/h2-9,11H,1H3,(H,25,26);3-7H,2H2,1H3;1-2H3;2H2,1H3. The Morgan fingerprint density at radius 1 is 0.977 bits per heavy atom. The lowest BCUT2D eigenvalue weighted by atomic mass is 10.1. The summed E-state index contributed by atoms with van der Waals surface area (Å²) in [5.41, 5.74) is 4.60. The summed E-state index contributed by atoms with van der Waals surface area (Å²) in [6.45, 7) is 7.72. The number of aromatic nitrogens is 1. The van der Waals surface area contributed by atoms with E-state index in [1.807, 2.05) is 32.0 Å². The molecule has 0 saturated carbocycles. The zero-order valence-corrected chi connectivity index (χ0v) is 24.6. The van der Waals surface area contributed by atoms with Crippen molar-refractivity contribution in [1.82, 2.24) is 4.98 Å². The van der Waals surface area contributed by atoms with Crippen molar-refractivity contribution in [3.63, 3.8) is 0 Å². The first-order valence-electron chi connectivity index (χ1n) is 13.2. The molecule has 0 spiro atoms. The Labute approximate surface area is 249 Å². The number of nitrogens with two attached hydrogens (primary N) is 1. The van der Waals surface area contributed by atoms with Crippen LogP contribution < -0.4 is 11.1 Å². The molecule has 9 nitrogen and oxygen atoms in total. The number of rotatable bonds is 6. The predicted molar refractivity (Wildman–Crippen MR) is 163 cm³/mol. The van der Waals surface area contributed by atoms with Gasteiger partial charge in [0.25, 0.3) is 5.69 Å². The molecule has 0 fully saturated rings. The number of nitro groups is 1. The number of pyridine rings is 1. The molecule has 0 aliphatic heterocycles. The van der Waals surface area contributed by atoms with Gasteiger partial charge >= 0.3 is 6.18 Å². The fourth-order valence-electron chi connectivity index (χ4n) is 3.36. The van der Waals surface area contributed by atoms with E-state index in [2.05, 4.69) is 57.5 Å². The number of benzene rings is 3. The van der Waals surface area contributed by atoms with Crippen molar-refractivity contribution in [3.8, 4) is 6.07 Å². The zero-order chi connectivity index (χ0) is 32.4. The topological polar surface area (TPSA) is 143 Å². The molecule has 0 atom stereocenters. The number of nitriles is 1. The van der Waals surface area contributed by atoms with Crippen LogP contribution in [0.5, 0.6) is 0 Å². The van der Waals surface area contributed by atoms with Crippen LogP contribution in [-0.4, -0.2) is 17.0 Å². The highest BCUT2D eigenvalue weighted by Gasteiger charge is 2.35. The SMILES string of the molecule is CC.CCc1ccccc1.CN.Cc1c(N=Nc2ccc([N+](=O)[O-])cc2C(F)(F)F)cnc(Nc2ccccc2)c1C#N. The van der Waals surface area contributed by atoms with Crippen LogP contribution in [0.15, 0.2) is 95.3 Å². The number of para-hydroxylation sites is 1. The number of aryl methyl sites for hydroxylation is 1. The normalized spacial score (nSPS) is 10.1. The third kappa shape index (κ3) is 11.0. The van der Waals surface area contributed by atoms with Crippen LogP contribution in [0.2, 0.25) is 0 Å². The van der Waals surface area contributed by atoms with Gasteiger partial charge in [0.2, 0.25) is 0 Å². The lowest BCUT2D eigenvalue weighted by molar-refractivity contribution is -0.385. The Balaban J connectivity index is 0.000000651. The first-order chi connectivity index (χ1) is 20.6. The Morgan fingerprint density at radius 2 is 1.53 bits per heavy atom. The van der Waals surface area contributed by atoms with Crippen molar-refractivity contribution < 1.29 is 18.1 Å². The Kier molecular flexibility index (Phi) is 15.3. The Morgan fingerprint density at radius 3 is 2.02 bits per heavy atom. The second-order valence-corrected chi connectivity index (χ2v) is 8.09. The number of azo groups is 1. The number of non-ortho nitro benzene ring substituents is 1. The molecule has 0 bridgehead atoms. The summed E-state index contributed by atoms with van der Waals surface area (Å²) < 4.78 is 39.9. The number of nitrogens with zero attached hydrogens (tertiary/aromatic N) is 5. The van der Waals surface area contributed by atoms with E-state index >= 15 is 0 Å². The summed E-state index contributed by atoms with van der Waals surface area (Å²) in [4.78, 5) is 14.0. The van der Waals surface area contributed by atoms with E-state index < -0.39 is 28.0 Å². The molecule has 0 aliphatic carbocycles. The molecule has 43 heavy (non-hydrogen) atoms. The minimum Gasteiger partial charge on any atom is -0.339 e. The second kappa shape index (κ2) is 18.3. The average Bonchev–Trinajstić information content (AvgIpc) is 3.03. The molecule has 0 radical (unpaired) electrons. The van der Waals surface area contributed by atoms with Crippen molar-refractivity contribution in [2.24, 2.45) is 16.0 Å². The molecule has 3 N–H and O–H groups in total. The van der Waals surface area contributed by atoms with Gasteiger partial charge in [-0.3, -0.25) is 10.1 Å². The maximum absolute atomic E-state index is 13.3. The highest BCUT2D eigenvalue weighted by Crippen LogP contribution is 2.39. The molecule has 1 aromatic heterocycles. The first-order valence-corrected chi connectivity index (χ1v) is 13.2. The summed E-state index contributed by atoms with van der Waals surface area (Å²) in [7, 11) is 1.50. The van der Waals surface area contributed by atoms with Crippen LogP contribution in [0.1, 0.15) is 43.0 Å². The lowest BCUT2D eigenvalue weighted by Gasteiger charge is -2.11. The summed E-state index contributed by atoms with van der Waals surface area (Å²) in [5.74, 6) is 0.261. The molecule has 0 saturated heterocycles. The van der Waals surface area contributed by atoms with Crippen LogP contribution in [0, 0.1) is 28.4 Å². The van der Waals surface area contributed by atoms with E-state index in [0.717, 1.165) is 18.6 Å². The van der Waals surface area contributed by atoms with E-state index in [1.54, 1.807) is 31.2 Å². The van der Waals surface area contributed by atoms with Crippen molar-refractivity contribution in [1.29, 1.82) is 5.26 Å². The van der Waals surface area contributed by atoms with Crippen molar-refractivity contribution in [3.05, 3.63) is 117 Å².